The molecule has 0 fully saturated rings. The van der Waals surface area contributed by atoms with E-state index in [1.54, 1.807) is 0 Å². The normalized spacial score (nSPS) is 14.3. The second-order valence-corrected chi connectivity index (χ2v) is 3.02. The van der Waals surface area contributed by atoms with Gasteiger partial charge < -0.3 is 10.2 Å². The Labute approximate surface area is 81.4 Å². The molecule has 6 heteroatoms. The van der Waals surface area contributed by atoms with Crippen LogP contribution in [-0.2, 0) is 19.4 Å². The van der Waals surface area contributed by atoms with Crippen LogP contribution in [0.15, 0.2) is 0 Å². The highest BCUT2D eigenvalue weighted by atomic mass is 17.2. The predicted octanol–water partition coefficient (Wildman–Crippen LogP) is -0.470. The molecule has 82 valence electrons. The molecule has 0 aliphatic rings. The van der Waals surface area contributed by atoms with Crippen LogP contribution >= 0.6 is 0 Å². The molecular weight excluding hydrogens is 192 g/mol. The van der Waals surface area contributed by atoms with Crippen LogP contribution in [0, 0.1) is 0 Å². The number of aliphatic hydroxyl groups excluding tert-OH is 2. The minimum atomic E-state index is -0.849. The summed E-state index contributed by atoms with van der Waals surface area (Å²) in [6.45, 7) is 2.80. The van der Waals surface area contributed by atoms with Crippen LogP contribution in [0.3, 0.4) is 0 Å². The van der Waals surface area contributed by atoms with Crippen LogP contribution in [0.4, 0.5) is 0 Å². The fraction of sp³-hybridized carbons (Fsp3) is 0.750. The van der Waals surface area contributed by atoms with Gasteiger partial charge in [-0.2, -0.15) is 0 Å². The Balaban J connectivity index is 3.61. The molecule has 0 saturated heterocycles. The Morgan fingerprint density at radius 3 is 1.50 bits per heavy atom. The van der Waals surface area contributed by atoms with Crippen LogP contribution < -0.4 is 0 Å². The molecule has 0 radical (unpaired) electrons. The summed E-state index contributed by atoms with van der Waals surface area (Å²) in [4.78, 5) is 29.6. The maximum Gasteiger partial charge on any atom is 0.358 e. The number of carbonyl (C=O) groups excluding carboxylic acids is 2. The van der Waals surface area contributed by atoms with Crippen LogP contribution in [-0.4, -0.2) is 34.4 Å². The zero-order chi connectivity index (χ0) is 11.1. The standard InChI is InChI=1S/C8H14O6/c1-5(9)3-7(11)13-14-8(12)4-6(2)10/h5-6,9-10H,3-4H2,1-2H3. The quantitative estimate of drug-likeness (QED) is 0.477. The molecule has 2 atom stereocenters. The summed E-state index contributed by atoms with van der Waals surface area (Å²) in [6.07, 6.45) is -2.19. The Morgan fingerprint density at radius 1 is 1.00 bits per heavy atom. The highest BCUT2D eigenvalue weighted by molar-refractivity contribution is 5.73. The van der Waals surface area contributed by atoms with Gasteiger partial charge in [0.1, 0.15) is 0 Å². The first-order chi connectivity index (χ1) is 6.41. The highest BCUT2D eigenvalue weighted by Crippen LogP contribution is 1.97. The van der Waals surface area contributed by atoms with Gasteiger partial charge in [-0.05, 0) is 13.8 Å². The summed E-state index contributed by atoms with van der Waals surface area (Å²) in [6, 6.07) is 0. The van der Waals surface area contributed by atoms with Gasteiger partial charge >= 0.3 is 11.9 Å². The fourth-order valence-corrected chi connectivity index (χ4v) is 0.643. The van der Waals surface area contributed by atoms with Gasteiger partial charge in [-0.3, -0.25) is 0 Å². The first kappa shape index (κ1) is 12.9. The molecule has 0 rings (SSSR count). The van der Waals surface area contributed by atoms with Crippen LogP contribution in [0.2, 0.25) is 0 Å². The van der Waals surface area contributed by atoms with E-state index < -0.39 is 24.1 Å². The number of hydrogen-bond acceptors (Lipinski definition) is 6. The third-order valence-corrected chi connectivity index (χ3v) is 1.15. The average Bonchev–Trinajstić information content (AvgIpc) is 1.98. The van der Waals surface area contributed by atoms with E-state index in [2.05, 4.69) is 9.78 Å². The highest BCUT2D eigenvalue weighted by Gasteiger charge is 2.13. The number of carbonyl (C=O) groups is 2. The Hall–Kier alpha value is -1.14. The van der Waals surface area contributed by atoms with Crippen molar-refractivity contribution in [2.75, 3.05) is 0 Å². The maximum atomic E-state index is 10.7. The predicted molar refractivity (Wildman–Crippen MR) is 44.8 cm³/mol. The molecule has 0 aliphatic carbocycles. The first-order valence-electron chi connectivity index (χ1n) is 4.18. The molecule has 0 amide bonds. The first-order valence-corrected chi connectivity index (χ1v) is 4.18. The molecule has 0 saturated carbocycles. The van der Waals surface area contributed by atoms with Crippen molar-refractivity contribution in [3.05, 3.63) is 0 Å². The van der Waals surface area contributed by atoms with Gasteiger partial charge in [-0.25, -0.2) is 19.4 Å². The lowest BCUT2D eigenvalue weighted by Gasteiger charge is -2.05. The monoisotopic (exact) mass is 206 g/mol. The largest absolute Gasteiger partial charge is 0.393 e. The molecular formula is C8H14O6. The molecule has 2 N–H and O–H groups in total. The molecule has 0 bridgehead atoms. The molecule has 0 aliphatic heterocycles. The molecule has 0 spiro atoms. The van der Waals surface area contributed by atoms with Gasteiger partial charge in [-0.1, -0.05) is 0 Å². The lowest BCUT2D eigenvalue weighted by molar-refractivity contribution is -0.261. The molecule has 6 nitrogen and oxygen atoms in total. The zero-order valence-corrected chi connectivity index (χ0v) is 8.10. The van der Waals surface area contributed by atoms with E-state index in [4.69, 9.17) is 10.2 Å². The number of hydrogen-bond donors (Lipinski definition) is 2. The van der Waals surface area contributed by atoms with Crippen molar-refractivity contribution in [3.8, 4) is 0 Å². The molecule has 14 heavy (non-hydrogen) atoms. The van der Waals surface area contributed by atoms with Crippen LogP contribution in [0.5, 0.6) is 0 Å². The van der Waals surface area contributed by atoms with Crippen LogP contribution in [0.25, 0.3) is 0 Å². The van der Waals surface area contributed by atoms with Gasteiger partial charge in [0.05, 0.1) is 25.0 Å². The SMILES string of the molecule is CC(O)CC(=O)OOC(=O)CC(C)O. The Bertz CT molecular complexity index is 176. The average molecular weight is 206 g/mol. The second-order valence-electron chi connectivity index (χ2n) is 3.02. The van der Waals surface area contributed by atoms with Gasteiger partial charge in [0.25, 0.3) is 0 Å². The van der Waals surface area contributed by atoms with E-state index >= 15 is 0 Å². The van der Waals surface area contributed by atoms with Gasteiger partial charge in [0, 0.05) is 0 Å². The van der Waals surface area contributed by atoms with Crippen molar-refractivity contribution in [1.82, 2.24) is 0 Å². The number of aliphatic hydroxyl groups is 2. The minimum Gasteiger partial charge on any atom is -0.393 e. The van der Waals surface area contributed by atoms with Crippen molar-refractivity contribution in [3.63, 3.8) is 0 Å². The summed E-state index contributed by atoms with van der Waals surface area (Å²) in [7, 11) is 0. The fourth-order valence-electron chi connectivity index (χ4n) is 0.643. The van der Waals surface area contributed by atoms with E-state index in [1.807, 2.05) is 0 Å². The lowest BCUT2D eigenvalue weighted by atomic mass is 10.3. The summed E-state index contributed by atoms with van der Waals surface area (Å²) in [5.41, 5.74) is 0. The van der Waals surface area contributed by atoms with Crippen molar-refractivity contribution >= 4 is 11.9 Å². The third-order valence-electron chi connectivity index (χ3n) is 1.15. The smallest absolute Gasteiger partial charge is 0.358 e. The summed E-state index contributed by atoms with van der Waals surface area (Å²) in [5, 5.41) is 17.5. The Kier molecular flexibility index (Phi) is 5.82. The van der Waals surface area contributed by atoms with Gasteiger partial charge in [0.15, 0.2) is 0 Å². The van der Waals surface area contributed by atoms with Gasteiger partial charge in [-0.15, -0.1) is 0 Å². The minimum absolute atomic E-state index is 0.248. The maximum absolute atomic E-state index is 10.7. The van der Waals surface area contributed by atoms with E-state index in [1.165, 1.54) is 13.8 Å². The van der Waals surface area contributed by atoms with Crippen LogP contribution in [0.1, 0.15) is 26.7 Å². The van der Waals surface area contributed by atoms with E-state index in [9.17, 15) is 9.59 Å². The zero-order valence-electron chi connectivity index (χ0n) is 8.10. The molecule has 0 aromatic carbocycles. The Morgan fingerprint density at radius 2 is 1.29 bits per heavy atom. The number of rotatable bonds is 4. The molecule has 0 aromatic rings. The lowest BCUT2D eigenvalue weighted by Crippen LogP contribution is -2.18. The summed E-state index contributed by atoms with van der Waals surface area (Å²) in [5.74, 6) is -1.67. The van der Waals surface area contributed by atoms with Crippen molar-refractivity contribution in [2.24, 2.45) is 0 Å². The van der Waals surface area contributed by atoms with E-state index in [0.717, 1.165) is 0 Å². The van der Waals surface area contributed by atoms with Crippen molar-refractivity contribution in [2.45, 2.75) is 38.9 Å². The second kappa shape index (κ2) is 6.33. The molecule has 0 heterocycles. The molecule has 0 aromatic heterocycles. The third kappa shape index (κ3) is 7.51. The van der Waals surface area contributed by atoms with Crippen molar-refractivity contribution in [1.29, 1.82) is 0 Å². The van der Waals surface area contributed by atoms with E-state index in [0.29, 0.717) is 0 Å². The van der Waals surface area contributed by atoms with E-state index in [-0.39, 0.29) is 12.8 Å². The summed E-state index contributed by atoms with van der Waals surface area (Å²) >= 11 is 0. The van der Waals surface area contributed by atoms with Gasteiger partial charge in [0.2, 0.25) is 0 Å². The summed E-state index contributed by atoms with van der Waals surface area (Å²) < 4.78 is 0. The topological polar surface area (TPSA) is 93.1 Å². The van der Waals surface area contributed by atoms with Crippen molar-refractivity contribution < 1.29 is 29.6 Å². The molecule has 2 unspecified atom stereocenters.